The minimum absolute atomic E-state index is 0.227. The zero-order chi connectivity index (χ0) is 12.1. The van der Waals surface area contributed by atoms with Crippen LogP contribution in [0.1, 0.15) is 30.9 Å². The molecule has 0 amide bonds. The molecule has 2 fully saturated rings. The summed E-state index contributed by atoms with van der Waals surface area (Å²) in [5.41, 5.74) is 8.81. The van der Waals surface area contributed by atoms with Gasteiger partial charge in [0.25, 0.3) is 0 Å². The molecule has 2 heteroatoms. The van der Waals surface area contributed by atoms with Gasteiger partial charge in [-0.25, -0.2) is 0 Å². The number of rotatable bonds is 2. The molecule has 2 aliphatic carbocycles. The number of aromatic nitrogens is 1. The summed E-state index contributed by atoms with van der Waals surface area (Å²) in [6.45, 7) is 0. The van der Waals surface area contributed by atoms with E-state index < -0.39 is 0 Å². The molecule has 2 N–H and O–H groups in total. The summed E-state index contributed by atoms with van der Waals surface area (Å²) in [5, 5.41) is 1.20. The van der Waals surface area contributed by atoms with Crippen LogP contribution in [-0.2, 0) is 0 Å². The molecule has 2 aromatic rings. The maximum absolute atomic E-state index is 6.46. The van der Waals surface area contributed by atoms with Crippen molar-refractivity contribution in [3.05, 3.63) is 42.1 Å². The van der Waals surface area contributed by atoms with Crippen LogP contribution in [0.4, 0.5) is 0 Å². The summed E-state index contributed by atoms with van der Waals surface area (Å²) < 4.78 is 0. The summed E-state index contributed by atoms with van der Waals surface area (Å²) >= 11 is 0. The number of nitrogens with two attached hydrogens (primary N) is 1. The van der Waals surface area contributed by atoms with Gasteiger partial charge >= 0.3 is 0 Å². The predicted molar refractivity (Wildman–Crippen MR) is 73.0 cm³/mol. The van der Waals surface area contributed by atoms with Gasteiger partial charge in [0.15, 0.2) is 0 Å². The average molecular weight is 238 g/mol. The van der Waals surface area contributed by atoms with Crippen LogP contribution in [-0.4, -0.2) is 4.98 Å². The molecule has 2 saturated carbocycles. The normalized spacial score (nSPS) is 31.3. The minimum atomic E-state index is 0.227. The maximum atomic E-state index is 6.46. The summed E-state index contributed by atoms with van der Waals surface area (Å²) in [6, 6.07) is 10.8. The number of benzene rings is 1. The Hall–Kier alpha value is -1.41. The van der Waals surface area contributed by atoms with Crippen LogP contribution in [0.2, 0.25) is 0 Å². The van der Waals surface area contributed by atoms with Gasteiger partial charge in [-0.2, -0.15) is 0 Å². The fourth-order valence-electron chi connectivity index (χ4n) is 3.93. The third-order valence-electron chi connectivity index (χ3n) is 4.90. The van der Waals surface area contributed by atoms with Gasteiger partial charge in [-0.05, 0) is 54.4 Å². The highest BCUT2D eigenvalue weighted by molar-refractivity contribution is 5.79. The quantitative estimate of drug-likeness (QED) is 0.872. The van der Waals surface area contributed by atoms with Crippen LogP contribution in [0.15, 0.2) is 36.5 Å². The Morgan fingerprint density at radius 3 is 2.83 bits per heavy atom. The molecule has 0 bridgehead atoms. The molecule has 18 heavy (non-hydrogen) atoms. The Bertz CT molecular complexity index is 582. The second kappa shape index (κ2) is 3.79. The number of pyridine rings is 1. The first-order valence-corrected chi connectivity index (χ1v) is 6.95. The van der Waals surface area contributed by atoms with Crippen LogP contribution in [0, 0.1) is 17.8 Å². The molecule has 1 aromatic heterocycles. The van der Waals surface area contributed by atoms with Gasteiger partial charge in [0.2, 0.25) is 0 Å². The lowest BCUT2D eigenvalue weighted by Crippen LogP contribution is -2.15. The van der Waals surface area contributed by atoms with Gasteiger partial charge in [-0.1, -0.05) is 18.6 Å². The van der Waals surface area contributed by atoms with Crippen LogP contribution >= 0.6 is 0 Å². The van der Waals surface area contributed by atoms with E-state index in [0.29, 0.717) is 0 Å². The van der Waals surface area contributed by atoms with E-state index in [1.807, 2.05) is 12.3 Å². The van der Waals surface area contributed by atoms with E-state index >= 15 is 0 Å². The third-order valence-corrected chi connectivity index (χ3v) is 4.90. The van der Waals surface area contributed by atoms with E-state index in [1.165, 1.54) is 30.2 Å². The Morgan fingerprint density at radius 2 is 2.00 bits per heavy atom. The van der Waals surface area contributed by atoms with Crippen molar-refractivity contribution in [2.75, 3.05) is 0 Å². The van der Waals surface area contributed by atoms with Gasteiger partial charge in [-0.15, -0.1) is 0 Å². The number of fused-ring (bicyclic) bond motifs is 2. The summed E-state index contributed by atoms with van der Waals surface area (Å²) in [6.07, 6.45) is 6.06. The minimum Gasteiger partial charge on any atom is -0.324 e. The second-order valence-corrected chi connectivity index (χ2v) is 5.82. The second-order valence-electron chi connectivity index (χ2n) is 5.82. The van der Waals surface area contributed by atoms with E-state index in [4.69, 9.17) is 5.73 Å². The SMILES string of the molecule is NC(c1ccc2ncccc2c1)C1C2CCCC21. The van der Waals surface area contributed by atoms with Gasteiger partial charge in [0, 0.05) is 17.6 Å². The fourth-order valence-corrected chi connectivity index (χ4v) is 3.93. The lowest BCUT2D eigenvalue weighted by atomic mass is 9.96. The summed E-state index contributed by atoms with van der Waals surface area (Å²) in [5.74, 6) is 2.59. The van der Waals surface area contributed by atoms with Gasteiger partial charge in [0.1, 0.15) is 0 Å². The molecule has 4 rings (SSSR count). The maximum Gasteiger partial charge on any atom is 0.0702 e. The monoisotopic (exact) mass is 238 g/mol. The molecule has 1 heterocycles. The van der Waals surface area contributed by atoms with Crippen molar-refractivity contribution in [3.8, 4) is 0 Å². The Labute approximate surface area is 107 Å². The first-order valence-electron chi connectivity index (χ1n) is 6.95. The van der Waals surface area contributed by atoms with Gasteiger partial charge in [0.05, 0.1) is 5.52 Å². The smallest absolute Gasteiger partial charge is 0.0702 e. The molecule has 92 valence electrons. The van der Waals surface area contributed by atoms with E-state index in [9.17, 15) is 0 Å². The molecule has 2 aliphatic rings. The van der Waals surface area contributed by atoms with E-state index in [0.717, 1.165) is 23.3 Å². The van der Waals surface area contributed by atoms with E-state index in [1.54, 1.807) is 0 Å². The molecule has 3 unspecified atom stereocenters. The van der Waals surface area contributed by atoms with Crippen molar-refractivity contribution >= 4 is 10.9 Å². The fraction of sp³-hybridized carbons (Fsp3) is 0.438. The molecule has 0 saturated heterocycles. The first kappa shape index (κ1) is 10.5. The third kappa shape index (κ3) is 1.49. The van der Waals surface area contributed by atoms with Crippen molar-refractivity contribution in [1.29, 1.82) is 0 Å². The molecule has 0 radical (unpaired) electrons. The zero-order valence-electron chi connectivity index (χ0n) is 10.4. The Balaban J connectivity index is 1.66. The highest BCUT2D eigenvalue weighted by Gasteiger charge is 2.55. The lowest BCUT2D eigenvalue weighted by Gasteiger charge is -2.14. The average Bonchev–Trinajstić information content (AvgIpc) is 2.90. The molecular formula is C16H18N2. The molecule has 0 spiro atoms. The van der Waals surface area contributed by atoms with Gasteiger partial charge < -0.3 is 5.73 Å². The Kier molecular flexibility index (Phi) is 2.21. The molecule has 2 nitrogen and oxygen atoms in total. The Morgan fingerprint density at radius 1 is 1.17 bits per heavy atom. The van der Waals surface area contributed by atoms with E-state index in [2.05, 4.69) is 29.2 Å². The molecule has 0 aliphatic heterocycles. The zero-order valence-corrected chi connectivity index (χ0v) is 10.4. The van der Waals surface area contributed by atoms with Crippen molar-refractivity contribution in [2.24, 2.45) is 23.5 Å². The van der Waals surface area contributed by atoms with Crippen molar-refractivity contribution in [1.82, 2.24) is 4.98 Å². The van der Waals surface area contributed by atoms with Gasteiger partial charge in [-0.3, -0.25) is 4.98 Å². The number of hydrogen-bond donors (Lipinski definition) is 1. The van der Waals surface area contributed by atoms with Crippen molar-refractivity contribution in [2.45, 2.75) is 25.3 Å². The van der Waals surface area contributed by atoms with Crippen LogP contribution in [0.5, 0.6) is 0 Å². The van der Waals surface area contributed by atoms with E-state index in [-0.39, 0.29) is 6.04 Å². The predicted octanol–water partition coefficient (Wildman–Crippen LogP) is 3.28. The van der Waals surface area contributed by atoms with Crippen molar-refractivity contribution in [3.63, 3.8) is 0 Å². The topological polar surface area (TPSA) is 38.9 Å². The molecule has 1 aromatic carbocycles. The standard InChI is InChI=1S/C16H18N2/c17-16(15-12-4-1-5-13(12)15)11-6-7-14-10(9-11)3-2-8-18-14/h2-3,6-9,12-13,15-16H,1,4-5,17H2. The number of nitrogens with zero attached hydrogens (tertiary/aromatic N) is 1. The lowest BCUT2D eigenvalue weighted by molar-refractivity contribution is 0.502. The van der Waals surface area contributed by atoms with Crippen molar-refractivity contribution < 1.29 is 0 Å². The van der Waals surface area contributed by atoms with Crippen LogP contribution in [0.3, 0.4) is 0 Å². The highest BCUT2D eigenvalue weighted by Crippen LogP contribution is 2.61. The van der Waals surface area contributed by atoms with Crippen LogP contribution in [0.25, 0.3) is 10.9 Å². The summed E-state index contributed by atoms with van der Waals surface area (Å²) in [4.78, 5) is 4.36. The highest BCUT2D eigenvalue weighted by atomic mass is 14.7. The largest absolute Gasteiger partial charge is 0.324 e. The molecular weight excluding hydrogens is 220 g/mol. The first-order chi connectivity index (χ1) is 8.84. The molecule has 3 atom stereocenters. The number of hydrogen-bond acceptors (Lipinski definition) is 2. The van der Waals surface area contributed by atoms with Crippen LogP contribution < -0.4 is 5.73 Å². The summed E-state index contributed by atoms with van der Waals surface area (Å²) in [7, 11) is 0.